The molecular formula is C27H38Cl2O4Si. The van der Waals surface area contributed by atoms with Crippen molar-refractivity contribution in [3.05, 3.63) is 63.1 Å². The molecule has 1 aliphatic rings. The number of aliphatic hydroxyl groups is 2. The summed E-state index contributed by atoms with van der Waals surface area (Å²) in [6.45, 7) is 12.3. The third-order valence-corrected chi connectivity index (χ3v) is 12.2. The molecule has 4 nitrogen and oxygen atoms in total. The molecular weight excluding hydrogens is 487 g/mol. The number of ether oxygens (including phenoxy) is 1. The molecule has 0 aliphatic heterocycles. The van der Waals surface area contributed by atoms with Crippen molar-refractivity contribution in [2.45, 2.75) is 70.7 Å². The summed E-state index contributed by atoms with van der Waals surface area (Å²) in [6, 6.07) is 11.6. The monoisotopic (exact) mass is 524 g/mol. The molecule has 2 N–H and O–H groups in total. The third kappa shape index (κ3) is 7.22. The SMILES string of the molecule is CC(C)(C)[Si](C)(C)OCC1(COc2c(Cl)cc(CC(O)CO)cc2Cc2ccc(Cl)cc2)CC1. The summed E-state index contributed by atoms with van der Waals surface area (Å²) >= 11 is 12.8. The first-order valence-corrected chi connectivity index (χ1v) is 15.6. The second kappa shape index (κ2) is 10.9. The van der Waals surface area contributed by atoms with Crippen LogP contribution in [0.4, 0.5) is 0 Å². The van der Waals surface area contributed by atoms with Gasteiger partial charge in [0, 0.05) is 35.4 Å². The number of halogens is 2. The highest BCUT2D eigenvalue weighted by atomic mass is 35.5. The Hall–Kier alpha value is -1.08. The van der Waals surface area contributed by atoms with E-state index in [4.69, 9.17) is 32.4 Å². The van der Waals surface area contributed by atoms with E-state index in [0.29, 0.717) is 41.9 Å². The molecule has 1 fully saturated rings. The van der Waals surface area contributed by atoms with Crippen molar-refractivity contribution in [1.82, 2.24) is 0 Å². The molecule has 7 heteroatoms. The van der Waals surface area contributed by atoms with Crippen LogP contribution in [0.5, 0.6) is 5.75 Å². The molecule has 1 aliphatic carbocycles. The van der Waals surface area contributed by atoms with Crippen LogP contribution in [0.15, 0.2) is 36.4 Å². The number of hydrogen-bond acceptors (Lipinski definition) is 4. The minimum atomic E-state index is -1.82. The standard InChI is InChI=1S/C27H38Cl2O4Si/c1-26(2,3)34(4,5)33-18-27(10-11-27)17-32-25-21(12-19-6-8-22(28)9-7-19)13-20(15-24(25)29)14-23(31)16-30/h6-9,13,15,23,30-31H,10-12,14,16-18H2,1-5H3. The van der Waals surface area contributed by atoms with Gasteiger partial charge in [-0.2, -0.15) is 0 Å². The van der Waals surface area contributed by atoms with E-state index in [-0.39, 0.29) is 17.1 Å². The predicted octanol–water partition coefficient (Wildman–Crippen LogP) is 6.66. The summed E-state index contributed by atoms with van der Waals surface area (Å²) in [5.74, 6) is 0.678. The van der Waals surface area contributed by atoms with Crippen molar-refractivity contribution in [2.75, 3.05) is 19.8 Å². The Morgan fingerprint density at radius 3 is 2.24 bits per heavy atom. The maximum atomic E-state index is 9.93. The molecule has 1 atom stereocenters. The van der Waals surface area contributed by atoms with Crippen molar-refractivity contribution in [2.24, 2.45) is 5.41 Å². The van der Waals surface area contributed by atoms with E-state index in [2.05, 4.69) is 33.9 Å². The summed E-state index contributed by atoms with van der Waals surface area (Å²) in [6.07, 6.45) is 2.31. The molecule has 0 saturated heterocycles. The second-order valence-corrected chi connectivity index (χ2v) is 16.9. The highest BCUT2D eigenvalue weighted by Crippen LogP contribution is 2.49. The zero-order valence-corrected chi connectivity index (χ0v) is 23.5. The normalized spacial score (nSPS) is 16.4. The van der Waals surface area contributed by atoms with Gasteiger partial charge in [0.25, 0.3) is 0 Å². The highest BCUT2D eigenvalue weighted by Gasteiger charge is 2.47. The number of benzene rings is 2. The number of hydrogen-bond donors (Lipinski definition) is 2. The van der Waals surface area contributed by atoms with Crippen LogP contribution in [0.3, 0.4) is 0 Å². The van der Waals surface area contributed by atoms with Gasteiger partial charge in [0.15, 0.2) is 8.32 Å². The summed E-state index contributed by atoms with van der Waals surface area (Å²) in [4.78, 5) is 0. The van der Waals surface area contributed by atoms with Crippen molar-refractivity contribution in [3.8, 4) is 5.75 Å². The average molecular weight is 526 g/mol. The van der Waals surface area contributed by atoms with E-state index in [1.807, 2.05) is 36.4 Å². The van der Waals surface area contributed by atoms with Crippen LogP contribution in [0, 0.1) is 5.41 Å². The van der Waals surface area contributed by atoms with E-state index in [0.717, 1.165) is 29.5 Å². The van der Waals surface area contributed by atoms with E-state index >= 15 is 0 Å². The van der Waals surface area contributed by atoms with Crippen molar-refractivity contribution >= 4 is 31.5 Å². The zero-order chi connectivity index (χ0) is 25.1. The fraction of sp³-hybridized carbons (Fsp3) is 0.556. The summed E-state index contributed by atoms with van der Waals surface area (Å²) < 4.78 is 12.9. The Morgan fingerprint density at radius 1 is 1.03 bits per heavy atom. The molecule has 1 saturated carbocycles. The molecule has 0 aromatic heterocycles. The van der Waals surface area contributed by atoms with Crippen LogP contribution in [0.25, 0.3) is 0 Å². The lowest BCUT2D eigenvalue weighted by molar-refractivity contribution is 0.0954. The Kier molecular flexibility index (Phi) is 8.81. The van der Waals surface area contributed by atoms with Crippen molar-refractivity contribution in [3.63, 3.8) is 0 Å². The number of aliphatic hydroxyl groups excluding tert-OH is 2. The fourth-order valence-electron chi connectivity index (χ4n) is 3.56. The molecule has 2 aromatic rings. The Balaban J connectivity index is 1.78. The van der Waals surface area contributed by atoms with Crippen LogP contribution < -0.4 is 4.74 Å². The minimum absolute atomic E-state index is 0.0438. The van der Waals surface area contributed by atoms with Gasteiger partial charge in [0.1, 0.15) is 5.75 Å². The van der Waals surface area contributed by atoms with Gasteiger partial charge in [0.05, 0.1) is 24.3 Å². The third-order valence-electron chi connectivity index (χ3n) is 7.20. The van der Waals surface area contributed by atoms with Gasteiger partial charge in [-0.25, -0.2) is 0 Å². The zero-order valence-electron chi connectivity index (χ0n) is 21.0. The minimum Gasteiger partial charge on any atom is -0.491 e. The van der Waals surface area contributed by atoms with Crippen LogP contribution >= 0.6 is 23.2 Å². The Bertz CT molecular complexity index is 966. The second-order valence-electron chi connectivity index (χ2n) is 11.2. The molecule has 0 bridgehead atoms. The molecule has 3 rings (SSSR count). The first-order chi connectivity index (χ1) is 15.8. The Morgan fingerprint density at radius 2 is 1.68 bits per heavy atom. The van der Waals surface area contributed by atoms with Gasteiger partial charge < -0.3 is 19.4 Å². The molecule has 34 heavy (non-hydrogen) atoms. The molecule has 0 spiro atoms. The van der Waals surface area contributed by atoms with E-state index in [1.54, 1.807) is 0 Å². The largest absolute Gasteiger partial charge is 0.491 e. The molecule has 0 radical (unpaired) electrons. The fourth-order valence-corrected chi connectivity index (χ4v) is 5.11. The highest BCUT2D eigenvalue weighted by molar-refractivity contribution is 6.74. The van der Waals surface area contributed by atoms with Crippen LogP contribution in [-0.4, -0.2) is 44.5 Å². The van der Waals surface area contributed by atoms with Gasteiger partial charge >= 0.3 is 0 Å². The smallest absolute Gasteiger partial charge is 0.192 e. The van der Waals surface area contributed by atoms with Gasteiger partial charge in [-0.3, -0.25) is 0 Å². The van der Waals surface area contributed by atoms with E-state index < -0.39 is 14.4 Å². The molecule has 0 heterocycles. The predicted molar refractivity (Wildman–Crippen MR) is 143 cm³/mol. The topological polar surface area (TPSA) is 58.9 Å². The van der Waals surface area contributed by atoms with Gasteiger partial charge in [-0.05, 0) is 60.3 Å². The van der Waals surface area contributed by atoms with Crippen LogP contribution in [0.1, 0.15) is 50.3 Å². The van der Waals surface area contributed by atoms with Gasteiger partial charge in [-0.1, -0.05) is 62.2 Å². The molecule has 0 amide bonds. The summed E-state index contributed by atoms with van der Waals surface area (Å²) in [5.41, 5.74) is 2.95. The van der Waals surface area contributed by atoms with E-state index in [1.165, 1.54) is 0 Å². The molecule has 2 aromatic carbocycles. The van der Waals surface area contributed by atoms with Crippen LogP contribution in [-0.2, 0) is 17.3 Å². The molecule has 1 unspecified atom stereocenters. The van der Waals surface area contributed by atoms with Crippen molar-refractivity contribution < 1.29 is 19.4 Å². The average Bonchev–Trinajstić information content (AvgIpc) is 3.53. The lowest BCUT2D eigenvalue weighted by Gasteiger charge is -2.37. The molecule has 188 valence electrons. The maximum Gasteiger partial charge on any atom is 0.192 e. The quantitative estimate of drug-likeness (QED) is 0.322. The number of rotatable bonds is 11. The lowest BCUT2D eigenvalue weighted by Crippen LogP contribution is -2.42. The van der Waals surface area contributed by atoms with Crippen LogP contribution in [0.2, 0.25) is 28.2 Å². The lowest BCUT2D eigenvalue weighted by atomic mass is 9.99. The van der Waals surface area contributed by atoms with E-state index in [9.17, 15) is 10.2 Å². The first-order valence-electron chi connectivity index (χ1n) is 12.0. The van der Waals surface area contributed by atoms with Crippen molar-refractivity contribution in [1.29, 1.82) is 0 Å². The maximum absolute atomic E-state index is 9.93. The van der Waals surface area contributed by atoms with Gasteiger partial charge in [-0.15, -0.1) is 0 Å². The first kappa shape index (κ1) is 27.5. The Labute approximate surface area is 215 Å². The summed E-state index contributed by atoms with van der Waals surface area (Å²) in [7, 11) is -1.82. The van der Waals surface area contributed by atoms with Gasteiger partial charge in [0.2, 0.25) is 0 Å². The summed E-state index contributed by atoms with van der Waals surface area (Å²) in [5, 5.41) is 20.6.